The fraction of sp³-hybridized carbons (Fsp3) is 0.500. The lowest BCUT2D eigenvalue weighted by atomic mass is 10.3. The van der Waals surface area contributed by atoms with Crippen LogP contribution in [0.2, 0.25) is 0 Å². The first-order chi connectivity index (χ1) is 7.66. The minimum absolute atomic E-state index is 0.205. The second kappa shape index (κ2) is 4.17. The molecule has 8 nitrogen and oxygen atoms in total. The van der Waals surface area contributed by atoms with Crippen LogP contribution in [0.15, 0.2) is 6.33 Å². The van der Waals surface area contributed by atoms with Crippen LogP contribution in [0, 0.1) is 0 Å². The number of nitrogens with one attached hydrogen (secondary N) is 1. The van der Waals surface area contributed by atoms with Gasteiger partial charge in [0.2, 0.25) is 5.91 Å². The molecule has 0 aromatic carbocycles. The summed E-state index contributed by atoms with van der Waals surface area (Å²) in [5.74, 6) is 0.464. The first-order valence-electron chi connectivity index (χ1n) is 4.78. The fourth-order valence-electron chi connectivity index (χ4n) is 1.54. The molecule has 0 atom stereocenters. The molecule has 1 aliphatic heterocycles. The van der Waals surface area contributed by atoms with Crippen LogP contribution in [0.5, 0.6) is 0 Å². The predicted molar refractivity (Wildman–Crippen MR) is 51.5 cm³/mol. The maximum absolute atomic E-state index is 11.6. The van der Waals surface area contributed by atoms with Crippen molar-refractivity contribution >= 4 is 12.0 Å². The molecule has 2 N–H and O–H groups in total. The largest absolute Gasteiger partial charge is 0.465 e. The smallest absolute Gasteiger partial charge is 0.405 e. The van der Waals surface area contributed by atoms with Gasteiger partial charge in [-0.05, 0) is 0 Å². The van der Waals surface area contributed by atoms with E-state index in [2.05, 4.69) is 10.2 Å². The van der Waals surface area contributed by atoms with E-state index in [0.29, 0.717) is 19.6 Å². The van der Waals surface area contributed by atoms with Crippen LogP contribution in [0.25, 0.3) is 0 Å². The molecule has 0 saturated heterocycles. The average molecular weight is 225 g/mol. The van der Waals surface area contributed by atoms with Crippen molar-refractivity contribution in [3.8, 4) is 0 Å². The number of hydrogen-bond acceptors (Lipinski definition) is 4. The van der Waals surface area contributed by atoms with Crippen molar-refractivity contribution in [2.75, 3.05) is 13.1 Å². The molecule has 0 fully saturated rings. The highest BCUT2D eigenvalue weighted by Gasteiger charge is 2.21. The molecule has 0 spiro atoms. The molecule has 0 unspecified atom stereocenters. The average Bonchev–Trinajstić information content (AvgIpc) is 2.72. The highest BCUT2D eigenvalue weighted by Crippen LogP contribution is 2.08. The maximum atomic E-state index is 11.6. The second-order valence-corrected chi connectivity index (χ2v) is 3.41. The van der Waals surface area contributed by atoms with Gasteiger partial charge in [-0.15, -0.1) is 10.2 Å². The topological polar surface area (TPSA) is 100 Å². The summed E-state index contributed by atoms with van der Waals surface area (Å²) in [5.41, 5.74) is 0. The number of amides is 2. The lowest BCUT2D eigenvalue weighted by Gasteiger charge is -2.26. The summed E-state index contributed by atoms with van der Waals surface area (Å²) in [6.45, 7) is 1.36. The van der Waals surface area contributed by atoms with Crippen LogP contribution in [0.4, 0.5) is 4.79 Å². The van der Waals surface area contributed by atoms with Crippen LogP contribution in [0.3, 0.4) is 0 Å². The molecule has 0 radical (unpaired) electrons. The van der Waals surface area contributed by atoms with Gasteiger partial charge in [-0.3, -0.25) is 4.79 Å². The number of carbonyl (C=O) groups excluding carboxylic acids is 1. The Hall–Kier alpha value is -2.12. The van der Waals surface area contributed by atoms with Crippen LogP contribution in [0.1, 0.15) is 5.82 Å². The third-order valence-corrected chi connectivity index (χ3v) is 2.38. The Morgan fingerprint density at radius 3 is 3.06 bits per heavy atom. The number of fused-ring (bicyclic) bond motifs is 1. The molecule has 0 aliphatic carbocycles. The monoisotopic (exact) mass is 225 g/mol. The zero-order valence-corrected chi connectivity index (χ0v) is 8.46. The van der Waals surface area contributed by atoms with Crippen molar-refractivity contribution < 1.29 is 14.7 Å². The van der Waals surface area contributed by atoms with Gasteiger partial charge in [0.15, 0.2) is 5.82 Å². The van der Waals surface area contributed by atoms with E-state index >= 15 is 0 Å². The van der Waals surface area contributed by atoms with Gasteiger partial charge in [-0.2, -0.15) is 0 Å². The highest BCUT2D eigenvalue weighted by atomic mass is 16.4. The van der Waals surface area contributed by atoms with E-state index in [1.54, 1.807) is 11.2 Å². The molecule has 2 amide bonds. The van der Waals surface area contributed by atoms with E-state index in [1.165, 1.54) is 0 Å². The van der Waals surface area contributed by atoms with E-state index in [-0.39, 0.29) is 12.5 Å². The molecule has 86 valence electrons. The summed E-state index contributed by atoms with van der Waals surface area (Å²) in [4.78, 5) is 23.4. The highest BCUT2D eigenvalue weighted by molar-refractivity contribution is 5.81. The fourth-order valence-corrected chi connectivity index (χ4v) is 1.54. The summed E-state index contributed by atoms with van der Waals surface area (Å²) in [5, 5.41) is 18.0. The summed E-state index contributed by atoms with van der Waals surface area (Å²) >= 11 is 0. The molecule has 2 heterocycles. The van der Waals surface area contributed by atoms with Crippen LogP contribution >= 0.6 is 0 Å². The molecule has 0 saturated carbocycles. The van der Waals surface area contributed by atoms with Crippen molar-refractivity contribution in [1.82, 2.24) is 25.0 Å². The molecule has 1 aromatic rings. The van der Waals surface area contributed by atoms with Gasteiger partial charge in [-0.25, -0.2) is 4.79 Å². The Labute approximate surface area is 90.9 Å². The van der Waals surface area contributed by atoms with Crippen LogP contribution < -0.4 is 5.32 Å². The van der Waals surface area contributed by atoms with E-state index in [4.69, 9.17) is 5.11 Å². The number of nitrogens with zero attached hydrogens (tertiary/aromatic N) is 4. The van der Waals surface area contributed by atoms with E-state index in [9.17, 15) is 9.59 Å². The van der Waals surface area contributed by atoms with Gasteiger partial charge in [0, 0.05) is 13.1 Å². The molecular weight excluding hydrogens is 214 g/mol. The standard InChI is InChI=1S/C8H11N5O3/c14-7(3-9-8(15)16)12-1-2-13-5-10-11-6(13)4-12/h5,9H,1-4H2,(H,15,16). The van der Waals surface area contributed by atoms with Gasteiger partial charge < -0.3 is 19.9 Å². The maximum Gasteiger partial charge on any atom is 0.405 e. The van der Waals surface area contributed by atoms with Crippen LogP contribution in [-0.4, -0.2) is 49.9 Å². The lowest BCUT2D eigenvalue weighted by Crippen LogP contribution is -2.43. The minimum atomic E-state index is -1.20. The van der Waals surface area contributed by atoms with Gasteiger partial charge >= 0.3 is 6.09 Å². The minimum Gasteiger partial charge on any atom is -0.465 e. The Kier molecular flexibility index (Phi) is 2.71. The Balaban J connectivity index is 1.93. The first kappa shape index (κ1) is 10.4. The summed E-state index contributed by atoms with van der Waals surface area (Å²) in [6, 6.07) is 0. The first-order valence-corrected chi connectivity index (χ1v) is 4.78. The van der Waals surface area contributed by atoms with Crippen molar-refractivity contribution in [2.45, 2.75) is 13.1 Å². The summed E-state index contributed by atoms with van der Waals surface area (Å²) in [6.07, 6.45) is 0.417. The summed E-state index contributed by atoms with van der Waals surface area (Å²) < 4.78 is 1.87. The Bertz CT molecular complexity index is 416. The van der Waals surface area contributed by atoms with Gasteiger partial charge in [0.1, 0.15) is 12.9 Å². The molecule has 1 aliphatic rings. The van der Waals surface area contributed by atoms with Crippen molar-refractivity contribution in [1.29, 1.82) is 0 Å². The lowest BCUT2D eigenvalue weighted by molar-refractivity contribution is -0.131. The van der Waals surface area contributed by atoms with Crippen molar-refractivity contribution in [3.05, 3.63) is 12.2 Å². The molecular formula is C8H11N5O3. The quantitative estimate of drug-likeness (QED) is 0.664. The van der Waals surface area contributed by atoms with E-state index in [0.717, 1.165) is 5.82 Å². The van der Waals surface area contributed by atoms with E-state index < -0.39 is 6.09 Å². The number of rotatable bonds is 2. The van der Waals surface area contributed by atoms with Crippen molar-refractivity contribution in [3.63, 3.8) is 0 Å². The molecule has 8 heteroatoms. The Morgan fingerprint density at radius 1 is 1.50 bits per heavy atom. The van der Waals surface area contributed by atoms with Gasteiger partial charge in [0.05, 0.1) is 6.54 Å². The normalized spacial score (nSPS) is 14.4. The van der Waals surface area contributed by atoms with Gasteiger partial charge in [0.25, 0.3) is 0 Å². The number of carboxylic acid groups (broad SMARTS) is 1. The molecule has 2 rings (SSSR count). The summed E-state index contributed by atoms with van der Waals surface area (Å²) in [7, 11) is 0. The van der Waals surface area contributed by atoms with Crippen molar-refractivity contribution in [2.24, 2.45) is 0 Å². The molecule has 16 heavy (non-hydrogen) atoms. The number of hydrogen-bond donors (Lipinski definition) is 2. The third-order valence-electron chi connectivity index (χ3n) is 2.38. The molecule has 1 aromatic heterocycles. The second-order valence-electron chi connectivity index (χ2n) is 3.41. The number of aromatic nitrogens is 3. The zero-order valence-electron chi connectivity index (χ0n) is 8.46. The molecule has 0 bridgehead atoms. The number of carbonyl (C=O) groups is 2. The van der Waals surface area contributed by atoms with Crippen LogP contribution in [-0.2, 0) is 17.9 Å². The zero-order chi connectivity index (χ0) is 11.5. The SMILES string of the molecule is O=C(O)NCC(=O)N1CCn2cnnc2C1. The van der Waals surface area contributed by atoms with Gasteiger partial charge in [-0.1, -0.05) is 0 Å². The van der Waals surface area contributed by atoms with E-state index in [1.807, 2.05) is 9.88 Å². The Morgan fingerprint density at radius 2 is 2.31 bits per heavy atom. The third kappa shape index (κ3) is 2.10. The predicted octanol–water partition coefficient (Wildman–Crippen LogP) is -1.11.